The third-order valence-electron chi connectivity index (χ3n) is 3.54. The number of hydrogen-bond acceptors (Lipinski definition) is 1. The Morgan fingerprint density at radius 3 is 2.83 bits per heavy atom. The van der Waals surface area contributed by atoms with Gasteiger partial charge in [0.2, 0.25) is 0 Å². The van der Waals surface area contributed by atoms with Gasteiger partial charge in [0.25, 0.3) is 0 Å². The van der Waals surface area contributed by atoms with Crippen LogP contribution in [0.15, 0.2) is 18.2 Å². The molecule has 1 aromatic rings. The van der Waals surface area contributed by atoms with Gasteiger partial charge in [-0.1, -0.05) is 52.1 Å². The lowest BCUT2D eigenvalue weighted by Crippen LogP contribution is -2.25. The lowest BCUT2D eigenvalue weighted by molar-refractivity contribution is 0.0873. The molecule has 18 heavy (non-hydrogen) atoms. The maximum absolute atomic E-state index is 6.04. The van der Waals surface area contributed by atoms with Crippen LogP contribution in [0.4, 0.5) is 0 Å². The number of ether oxygens (including phenoxy) is 1. The van der Waals surface area contributed by atoms with Gasteiger partial charge in [-0.25, -0.2) is 0 Å². The Morgan fingerprint density at radius 2 is 2.17 bits per heavy atom. The van der Waals surface area contributed by atoms with Gasteiger partial charge >= 0.3 is 0 Å². The van der Waals surface area contributed by atoms with E-state index in [0.717, 1.165) is 25.9 Å². The summed E-state index contributed by atoms with van der Waals surface area (Å²) in [5, 5.41) is 1.24. The van der Waals surface area contributed by atoms with Gasteiger partial charge < -0.3 is 4.74 Å². The second-order valence-corrected chi connectivity index (χ2v) is 6.73. The van der Waals surface area contributed by atoms with Gasteiger partial charge in [-0.15, -0.1) is 0 Å². The Morgan fingerprint density at radius 1 is 1.39 bits per heavy atom. The average Bonchev–Trinajstić information content (AvgIpc) is 2.82. The first-order valence-electron chi connectivity index (χ1n) is 6.31. The zero-order chi connectivity index (χ0) is 13.1. The molecule has 0 N–H and O–H groups in total. The molecule has 100 valence electrons. The van der Waals surface area contributed by atoms with E-state index in [0.29, 0.717) is 26.9 Å². The topological polar surface area (TPSA) is 9.23 Å². The van der Waals surface area contributed by atoms with Crippen molar-refractivity contribution in [1.29, 1.82) is 0 Å². The van der Waals surface area contributed by atoms with Crippen molar-refractivity contribution in [2.24, 2.45) is 5.92 Å². The van der Waals surface area contributed by atoms with Gasteiger partial charge in [0.1, 0.15) is 0 Å². The van der Waals surface area contributed by atoms with Gasteiger partial charge in [-0.3, -0.25) is 0 Å². The van der Waals surface area contributed by atoms with Crippen LogP contribution in [-0.4, -0.2) is 17.5 Å². The third-order valence-corrected chi connectivity index (χ3v) is 5.28. The molecule has 1 nitrogen and oxygen atoms in total. The average molecular weight is 352 g/mol. The predicted molar refractivity (Wildman–Crippen MR) is 81.0 cm³/mol. The first-order valence-corrected chi connectivity index (χ1v) is 7.98. The van der Waals surface area contributed by atoms with Crippen LogP contribution < -0.4 is 0 Å². The molecular formula is C14H17BrCl2O. The molecule has 2 rings (SSSR count). The minimum Gasteiger partial charge on any atom is -0.378 e. The highest BCUT2D eigenvalue weighted by Crippen LogP contribution is 2.33. The Labute approximate surface area is 127 Å². The molecule has 0 spiro atoms. The van der Waals surface area contributed by atoms with Crippen molar-refractivity contribution >= 4 is 39.1 Å². The zero-order valence-electron chi connectivity index (χ0n) is 10.3. The van der Waals surface area contributed by atoms with Crippen molar-refractivity contribution in [3.05, 3.63) is 33.8 Å². The molecule has 1 saturated heterocycles. The highest BCUT2D eigenvalue weighted by molar-refractivity contribution is 9.09. The number of benzene rings is 1. The molecule has 3 atom stereocenters. The highest BCUT2D eigenvalue weighted by atomic mass is 79.9. The van der Waals surface area contributed by atoms with Crippen LogP contribution >= 0.6 is 39.1 Å². The number of alkyl halides is 1. The van der Waals surface area contributed by atoms with E-state index in [1.807, 2.05) is 18.2 Å². The van der Waals surface area contributed by atoms with E-state index in [1.54, 1.807) is 0 Å². The summed E-state index contributed by atoms with van der Waals surface area (Å²) in [5.74, 6) is 0.587. The van der Waals surface area contributed by atoms with Crippen LogP contribution in [0.5, 0.6) is 0 Å². The molecule has 1 aromatic carbocycles. The molecule has 0 amide bonds. The maximum atomic E-state index is 6.04. The summed E-state index contributed by atoms with van der Waals surface area (Å²) in [6, 6.07) is 5.86. The number of rotatable bonds is 4. The van der Waals surface area contributed by atoms with E-state index < -0.39 is 0 Å². The Balaban J connectivity index is 2.02. The summed E-state index contributed by atoms with van der Waals surface area (Å²) in [5.41, 5.74) is 1.22. The first kappa shape index (κ1) is 14.6. The molecule has 0 radical (unpaired) electrons. The van der Waals surface area contributed by atoms with Crippen LogP contribution in [0, 0.1) is 5.92 Å². The summed E-state index contributed by atoms with van der Waals surface area (Å²) in [6.45, 7) is 3.06. The van der Waals surface area contributed by atoms with E-state index in [4.69, 9.17) is 27.9 Å². The lowest BCUT2D eigenvalue weighted by Gasteiger charge is -2.22. The Hall–Kier alpha value is 0.240. The van der Waals surface area contributed by atoms with Crippen molar-refractivity contribution < 1.29 is 4.74 Å². The molecule has 0 bridgehead atoms. The first-order chi connectivity index (χ1) is 8.61. The molecule has 1 heterocycles. The SMILES string of the molecule is CCC1OCCC1C(Br)Cc1ccc(Cl)c(Cl)c1. The second-order valence-electron chi connectivity index (χ2n) is 4.74. The molecule has 1 aliphatic heterocycles. The molecular weight excluding hydrogens is 335 g/mol. The predicted octanol–water partition coefficient (Wildman–Crippen LogP) is 5.11. The quantitative estimate of drug-likeness (QED) is 0.684. The smallest absolute Gasteiger partial charge is 0.0612 e. The van der Waals surface area contributed by atoms with Crippen LogP contribution in [-0.2, 0) is 11.2 Å². The molecule has 1 fully saturated rings. The maximum Gasteiger partial charge on any atom is 0.0612 e. The summed E-state index contributed by atoms with van der Waals surface area (Å²) in [6.07, 6.45) is 3.56. The van der Waals surface area contributed by atoms with E-state index in [2.05, 4.69) is 22.9 Å². The van der Waals surface area contributed by atoms with Gasteiger partial charge in [-0.05, 0) is 37.0 Å². The van der Waals surface area contributed by atoms with Crippen LogP contribution in [0.1, 0.15) is 25.3 Å². The van der Waals surface area contributed by atoms with E-state index >= 15 is 0 Å². The normalized spacial score (nSPS) is 25.3. The summed E-state index contributed by atoms with van der Waals surface area (Å²) in [4.78, 5) is 0.433. The molecule has 0 saturated carbocycles. The lowest BCUT2D eigenvalue weighted by atomic mass is 9.92. The van der Waals surface area contributed by atoms with Crippen molar-refractivity contribution in [3.63, 3.8) is 0 Å². The molecule has 0 aliphatic carbocycles. The fourth-order valence-corrected chi connectivity index (χ4v) is 3.84. The van der Waals surface area contributed by atoms with E-state index in [-0.39, 0.29) is 0 Å². The van der Waals surface area contributed by atoms with E-state index in [9.17, 15) is 0 Å². The molecule has 4 heteroatoms. The summed E-state index contributed by atoms with van der Waals surface area (Å²) >= 11 is 15.8. The van der Waals surface area contributed by atoms with Crippen LogP contribution in [0.2, 0.25) is 10.0 Å². The van der Waals surface area contributed by atoms with Crippen LogP contribution in [0.25, 0.3) is 0 Å². The zero-order valence-corrected chi connectivity index (χ0v) is 13.4. The van der Waals surface area contributed by atoms with Crippen molar-refractivity contribution in [1.82, 2.24) is 0 Å². The summed E-state index contributed by atoms with van der Waals surface area (Å²) in [7, 11) is 0. The standard InChI is InChI=1S/C14H17BrCl2O/c1-2-14-10(5-6-18-14)11(15)7-9-3-4-12(16)13(17)8-9/h3-4,8,10-11,14H,2,5-7H2,1H3. The summed E-state index contributed by atoms with van der Waals surface area (Å²) < 4.78 is 5.74. The van der Waals surface area contributed by atoms with Crippen molar-refractivity contribution in [3.8, 4) is 0 Å². The fraction of sp³-hybridized carbons (Fsp3) is 0.571. The highest BCUT2D eigenvalue weighted by Gasteiger charge is 2.32. The Bertz CT molecular complexity index is 411. The van der Waals surface area contributed by atoms with Gasteiger partial charge in [0.05, 0.1) is 16.1 Å². The minimum atomic E-state index is 0.386. The fourth-order valence-electron chi connectivity index (χ4n) is 2.54. The minimum absolute atomic E-state index is 0.386. The largest absolute Gasteiger partial charge is 0.378 e. The van der Waals surface area contributed by atoms with Gasteiger partial charge in [-0.2, -0.15) is 0 Å². The van der Waals surface area contributed by atoms with Gasteiger partial charge in [0, 0.05) is 17.4 Å². The van der Waals surface area contributed by atoms with Crippen molar-refractivity contribution in [2.45, 2.75) is 37.1 Å². The second kappa shape index (κ2) is 6.60. The van der Waals surface area contributed by atoms with Crippen molar-refractivity contribution in [2.75, 3.05) is 6.61 Å². The molecule has 3 unspecified atom stereocenters. The number of halogens is 3. The Kier molecular flexibility index (Phi) is 5.37. The third kappa shape index (κ3) is 3.41. The molecule has 1 aliphatic rings. The van der Waals surface area contributed by atoms with E-state index in [1.165, 1.54) is 5.56 Å². The van der Waals surface area contributed by atoms with Gasteiger partial charge in [0.15, 0.2) is 0 Å². The number of hydrogen-bond donors (Lipinski definition) is 0. The monoisotopic (exact) mass is 350 g/mol. The molecule has 0 aromatic heterocycles. The van der Waals surface area contributed by atoms with Crippen LogP contribution in [0.3, 0.4) is 0 Å².